The van der Waals surface area contributed by atoms with E-state index in [4.69, 9.17) is 10.5 Å². The molecular formula is C8H10INO2. The van der Waals surface area contributed by atoms with Gasteiger partial charge in [0.15, 0.2) is 11.5 Å². The summed E-state index contributed by atoms with van der Waals surface area (Å²) in [5.41, 5.74) is 6.38. The Balaban J connectivity index is 3.20. The van der Waals surface area contributed by atoms with E-state index < -0.39 is 0 Å². The van der Waals surface area contributed by atoms with Crippen molar-refractivity contribution in [3.63, 3.8) is 0 Å². The molecule has 0 saturated heterocycles. The topological polar surface area (TPSA) is 55.5 Å². The van der Waals surface area contributed by atoms with E-state index in [1.807, 2.05) is 28.7 Å². The maximum Gasteiger partial charge on any atom is 0.171 e. The van der Waals surface area contributed by atoms with Crippen molar-refractivity contribution in [2.24, 2.45) is 5.73 Å². The van der Waals surface area contributed by atoms with Gasteiger partial charge in [0.2, 0.25) is 0 Å². The van der Waals surface area contributed by atoms with Gasteiger partial charge in [0.1, 0.15) is 0 Å². The SMILES string of the molecule is COc1ccc(CN)c(I)c1O. The van der Waals surface area contributed by atoms with Gasteiger partial charge in [0.25, 0.3) is 0 Å². The van der Waals surface area contributed by atoms with Gasteiger partial charge in [-0.2, -0.15) is 0 Å². The van der Waals surface area contributed by atoms with Gasteiger partial charge in [-0.25, -0.2) is 0 Å². The van der Waals surface area contributed by atoms with E-state index in [1.165, 1.54) is 7.11 Å². The molecule has 3 N–H and O–H groups in total. The number of benzene rings is 1. The quantitative estimate of drug-likeness (QED) is 0.806. The average molecular weight is 279 g/mol. The van der Waals surface area contributed by atoms with Crippen molar-refractivity contribution < 1.29 is 9.84 Å². The predicted octanol–water partition coefficient (Wildman–Crippen LogP) is 1.46. The highest BCUT2D eigenvalue weighted by Crippen LogP contribution is 2.32. The summed E-state index contributed by atoms with van der Waals surface area (Å²) < 4.78 is 5.69. The maximum absolute atomic E-state index is 9.52. The van der Waals surface area contributed by atoms with Crippen molar-refractivity contribution in [1.82, 2.24) is 0 Å². The van der Waals surface area contributed by atoms with E-state index in [0.29, 0.717) is 12.3 Å². The molecular weight excluding hydrogens is 269 g/mol. The summed E-state index contributed by atoms with van der Waals surface area (Å²) in [4.78, 5) is 0. The Morgan fingerprint density at radius 2 is 2.25 bits per heavy atom. The average Bonchev–Trinajstić information content (AvgIpc) is 2.10. The largest absolute Gasteiger partial charge is 0.504 e. The van der Waals surface area contributed by atoms with Crippen LogP contribution >= 0.6 is 22.6 Å². The summed E-state index contributed by atoms with van der Waals surface area (Å²) in [5, 5.41) is 9.52. The van der Waals surface area contributed by atoms with Crippen LogP contribution in [-0.2, 0) is 6.54 Å². The monoisotopic (exact) mass is 279 g/mol. The maximum atomic E-state index is 9.52. The molecule has 0 bridgehead atoms. The van der Waals surface area contributed by atoms with Gasteiger partial charge in [-0.1, -0.05) is 6.07 Å². The van der Waals surface area contributed by atoms with E-state index in [2.05, 4.69) is 0 Å². The van der Waals surface area contributed by atoms with Crippen molar-refractivity contribution in [2.45, 2.75) is 6.54 Å². The second kappa shape index (κ2) is 3.95. The lowest BCUT2D eigenvalue weighted by Crippen LogP contribution is -1.99. The van der Waals surface area contributed by atoms with Crippen molar-refractivity contribution in [3.05, 3.63) is 21.3 Å². The standard InChI is InChI=1S/C8H10INO2/c1-12-6-3-2-5(4-10)7(9)8(6)11/h2-3,11H,4,10H2,1H3. The van der Waals surface area contributed by atoms with E-state index in [-0.39, 0.29) is 5.75 Å². The number of methoxy groups -OCH3 is 1. The van der Waals surface area contributed by atoms with Gasteiger partial charge in [0, 0.05) is 6.54 Å². The Morgan fingerprint density at radius 1 is 1.58 bits per heavy atom. The number of phenols is 1. The molecule has 0 aliphatic rings. The lowest BCUT2D eigenvalue weighted by Gasteiger charge is -2.07. The van der Waals surface area contributed by atoms with Crippen LogP contribution in [0.1, 0.15) is 5.56 Å². The van der Waals surface area contributed by atoms with E-state index >= 15 is 0 Å². The number of halogens is 1. The number of aromatic hydroxyl groups is 1. The Morgan fingerprint density at radius 3 is 2.75 bits per heavy atom. The van der Waals surface area contributed by atoms with Crippen LogP contribution in [0.4, 0.5) is 0 Å². The predicted molar refractivity (Wildman–Crippen MR) is 55.3 cm³/mol. The highest BCUT2D eigenvalue weighted by atomic mass is 127. The molecule has 0 spiro atoms. The minimum absolute atomic E-state index is 0.168. The molecule has 0 aliphatic carbocycles. The van der Waals surface area contributed by atoms with Crippen molar-refractivity contribution in [2.75, 3.05) is 7.11 Å². The first kappa shape index (κ1) is 9.60. The molecule has 0 aliphatic heterocycles. The van der Waals surface area contributed by atoms with Crippen molar-refractivity contribution in [1.29, 1.82) is 0 Å². The summed E-state index contributed by atoms with van der Waals surface area (Å²) in [5.74, 6) is 0.651. The first-order valence-corrected chi connectivity index (χ1v) is 4.53. The van der Waals surface area contributed by atoms with E-state index in [1.54, 1.807) is 6.07 Å². The number of rotatable bonds is 2. The lowest BCUT2D eigenvalue weighted by molar-refractivity contribution is 0.371. The third-order valence-corrected chi connectivity index (χ3v) is 2.80. The second-order valence-electron chi connectivity index (χ2n) is 2.29. The van der Waals surface area contributed by atoms with Crippen LogP contribution in [0.15, 0.2) is 12.1 Å². The third kappa shape index (κ3) is 1.64. The van der Waals surface area contributed by atoms with Gasteiger partial charge >= 0.3 is 0 Å². The number of phenolic OH excluding ortho intramolecular Hbond substituents is 1. The first-order valence-electron chi connectivity index (χ1n) is 3.45. The summed E-state index contributed by atoms with van der Waals surface area (Å²) in [7, 11) is 1.52. The molecule has 1 aromatic carbocycles. The van der Waals surface area contributed by atoms with Crippen LogP contribution < -0.4 is 10.5 Å². The van der Waals surface area contributed by atoms with E-state index in [0.717, 1.165) is 9.13 Å². The molecule has 0 radical (unpaired) electrons. The van der Waals surface area contributed by atoms with Crippen LogP contribution in [0, 0.1) is 3.57 Å². The molecule has 0 atom stereocenters. The highest BCUT2D eigenvalue weighted by Gasteiger charge is 2.08. The molecule has 3 nitrogen and oxygen atoms in total. The summed E-state index contributed by atoms with van der Waals surface area (Å²) in [6.45, 7) is 0.426. The molecule has 0 amide bonds. The molecule has 0 fully saturated rings. The molecule has 66 valence electrons. The number of hydrogen-bond acceptors (Lipinski definition) is 3. The molecule has 1 rings (SSSR count). The van der Waals surface area contributed by atoms with Crippen LogP contribution in [0.25, 0.3) is 0 Å². The third-order valence-electron chi connectivity index (χ3n) is 1.60. The minimum Gasteiger partial charge on any atom is -0.504 e. The summed E-state index contributed by atoms with van der Waals surface area (Å²) >= 11 is 2.04. The molecule has 1 aromatic rings. The Labute approximate surface area is 84.7 Å². The second-order valence-corrected chi connectivity index (χ2v) is 3.37. The number of hydrogen-bond donors (Lipinski definition) is 2. The van der Waals surface area contributed by atoms with E-state index in [9.17, 15) is 5.11 Å². The van der Waals surface area contributed by atoms with Crippen LogP contribution in [0.3, 0.4) is 0 Å². The highest BCUT2D eigenvalue weighted by molar-refractivity contribution is 14.1. The summed E-state index contributed by atoms with van der Waals surface area (Å²) in [6, 6.07) is 3.56. The normalized spacial score (nSPS) is 9.92. The molecule has 12 heavy (non-hydrogen) atoms. The zero-order valence-corrected chi connectivity index (χ0v) is 8.83. The fraction of sp³-hybridized carbons (Fsp3) is 0.250. The summed E-state index contributed by atoms with van der Waals surface area (Å²) in [6.07, 6.45) is 0. The van der Waals surface area contributed by atoms with Crippen LogP contribution in [0.5, 0.6) is 11.5 Å². The molecule has 4 heteroatoms. The number of ether oxygens (including phenoxy) is 1. The Kier molecular flexibility index (Phi) is 3.16. The zero-order valence-electron chi connectivity index (χ0n) is 6.67. The van der Waals surface area contributed by atoms with Crippen LogP contribution in [0.2, 0.25) is 0 Å². The molecule has 0 aromatic heterocycles. The molecule has 0 unspecified atom stereocenters. The van der Waals surface area contributed by atoms with Crippen LogP contribution in [-0.4, -0.2) is 12.2 Å². The van der Waals surface area contributed by atoms with Gasteiger partial charge in [-0.15, -0.1) is 0 Å². The van der Waals surface area contributed by atoms with Gasteiger partial charge in [0.05, 0.1) is 10.7 Å². The smallest absolute Gasteiger partial charge is 0.171 e. The molecule has 0 saturated carbocycles. The number of nitrogens with two attached hydrogens (primary N) is 1. The zero-order chi connectivity index (χ0) is 9.14. The van der Waals surface area contributed by atoms with Crippen molar-refractivity contribution in [3.8, 4) is 11.5 Å². The minimum atomic E-state index is 0.168. The van der Waals surface area contributed by atoms with Gasteiger partial charge in [-0.3, -0.25) is 0 Å². The van der Waals surface area contributed by atoms with Gasteiger partial charge < -0.3 is 15.6 Å². The molecule has 0 heterocycles. The fourth-order valence-corrected chi connectivity index (χ4v) is 1.58. The fourth-order valence-electron chi connectivity index (χ4n) is 0.911. The van der Waals surface area contributed by atoms with Gasteiger partial charge in [-0.05, 0) is 34.2 Å². The first-order chi connectivity index (χ1) is 5.70. The Hall–Kier alpha value is -0.490. The lowest BCUT2D eigenvalue weighted by atomic mass is 10.2. The Bertz CT molecular complexity index is 260. The van der Waals surface area contributed by atoms with Crippen molar-refractivity contribution >= 4 is 22.6 Å².